The van der Waals surface area contributed by atoms with Gasteiger partial charge in [0, 0.05) is 94.7 Å². The third-order valence-corrected chi connectivity index (χ3v) is 22.7. The molecule has 648 valence electrons. The van der Waals surface area contributed by atoms with Crippen molar-refractivity contribution in [2.45, 2.75) is 0 Å². The van der Waals surface area contributed by atoms with Crippen LogP contribution in [0.2, 0.25) is 0 Å². The summed E-state index contributed by atoms with van der Waals surface area (Å²) < 4.78 is 0. The van der Waals surface area contributed by atoms with Gasteiger partial charge in [-0.05, 0) is 285 Å². The normalized spacial score (nSPS) is 11.0. The van der Waals surface area contributed by atoms with Gasteiger partial charge in [0.2, 0.25) is 0 Å². The quantitative estimate of drug-likeness (QED) is 0.0646. The van der Waals surface area contributed by atoms with E-state index in [1.807, 2.05) is 395 Å². The van der Waals surface area contributed by atoms with E-state index in [0.717, 1.165) is 170 Å². The molecule has 138 heavy (non-hydrogen) atoms. The summed E-state index contributed by atoms with van der Waals surface area (Å²) in [6, 6.07) is 128. The molecule has 23 aromatic rings. The number of hydrogen-bond donors (Lipinski definition) is 0. The number of hydrogen-bond acceptors (Lipinski definition) is 22. The number of pyridine rings is 22. The lowest BCUT2D eigenvalue weighted by molar-refractivity contribution is 1.18. The second-order valence-corrected chi connectivity index (χ2v) is 31.9. The maximum absolute atomic E-state index is 5.27. The van der Waals surface area contributed by atoms with Crippen LogP contribution in [0.4, 0.5) is 0 Å². The van der Waals surface area contributed by atoms with Crippen LogP contribution in [0.3, 0.4) is 0 Å². The number of nitrogens with zero attached hydrogens (tertiary/aromatic N) is 22. The topological polar surface area (TPSA) is 284 Å². The van der Waals surface area contributed by atoms with Gasteiger partial charge in [0.15, 0.2) is 0 Å². The van der Waals surface area contributed by atoms with Gasteiger partial charge in [-0.15, -0.1) is 0 Å². The van der Waals surface area contributed by atoms with Crippen molar-refractivity contribution in [1.29, 1.82) is 0 Å². The lowest BCUT2D eigenvalue weighted by Gasteiger charge is -2.13. The maximum Gasteiger partial charge on any atom is 0.0901 e. The van der Waals surface area contributed by atoms with Crippen molar-refractivity contribution in [2.24, 2.45) is 0 Å². The van der Waals surface area contributed by atoms with Gasteiger partial charge in [0.05, 0.1) is 199 Å². The summed E-state index contributed by atoms with van der Waals surface area (Å²) in [6.07, 6.45) is 16.0. The maximum atomic E-state index is 5.27. The summed E-state index contributed by atoms with van der Waals surface area (Å²) in [5, 5.41) is 0. The summed E-state index contributed by atoms with van der Waals surface area (Å²) in [6.45, 7) is 0. The molecule has 22 nitrogen and oxygen atoms in total. The van der Waals surface area contributed by atoms with E-state index in [9.17, 15) is 0 Å². The molecule has 0 N–H and O–H groups in total. The predicted molar refractivity (Wildman–Crippen MR) is 539 cm³/mol. The molecule has 22 aromatic heterocycles. The fraction of sp³-hybridized carbons (Fsp3) is 0. The van der Waals surface area contributed by atoms with Gasteiger partial charge in [0.1, 0.15) is 0 Å². The van der Waals surface area contributed by atoms with Crippen LogP contribution in [0.5, 0.6) is 0 Å². The van der Waals surface area contributed by atoms with E-state index in [2.05, 4.69) is 48.1 Å². The first-order valence-electron chi connectivity index (χ1n) is 44.5. The Morgan fingerprint density at radius 2 is 0.239 bits per heavy atom. The summed E-state index contributed by atoms with van der Waals surface area (Å²) >= 11 is 0. The largest absolute Gasteiger partial charge is 0.264 e. The SMILES string of the molecule is c1ccc(-c2cccc(-c3cccc(-c4cc(-c5cccc(-c6cccc(-c7ccccn7)n6)n5)nc(-c5cccc(-c6cccc(-c7ccccn7)n6)n5)c4)n3)n2)nc1.c1cncc(-c2cccc(-c3cccc(-c4cccc(-c5cc(-c6cccc(-c7cccc(-c8cccc(-c9cccnc9)n8)n7)n6)cc(-c6cccc(-c7cccc(-c8cccc(-c9cccnc9)n8)n7)n6)c5)n4)n3)n2)c1. The number of benzene rings is 1. The first-order chi connectivity index (χ1) is 68.3. The van der Waals surface area contributed by atoms with Crippen LogP contribution in [0.25, 0.3) is 238 Å². The molecule has 0 fully saturated rings. The van der Waals surface area contributed by atoms with Crippen LogP contribution in [-0.2, 0) is 0 Å². The van der Waals surface area contributed by atoms with Crippen LogP contribution < -0.4 is 0 Å². The smallest absolute Gasteiger partial charge is 0.0901 e. The lowest BCUT2D eigenvalue weighted by atomic mass is 9.98. The van der Waals surface area contributed by atoms with Gasteiger partial charge in [-0.25, -0.2) is 79.7 Å². The second kappa shape index (κ2) is 38.9. The molecule has 0 bridgehead atoms. The molecular formula is C116H74N22. The Labute approximate surface area is 793 Å². The molecule has 0 atom stereocenters. The monoisotopic (exact) mass is 1770 g/mol. The van der Waals surface area contributed by atoms with Crippen molar-refractivity contribution in [1.82, 2.24) is 110 Å². The minimum atomic E-state index is 0.648. The van der Waals surface area contributed by atoms with Crippen molar-refractivity contribution in [3.05, 3.63) is 450 Å². The van der Waals surface area contributed by atoms with Gasteiger partial charge in [-0.2, -0.15) is 0 Å². The van der Waals surface area contributed by atoms with Gasteiger partial charge in [-0.1, -0.05) is 109 Å². The summed E-state index contributed by atoms with van der Waals surface area (Å²) in [5.74, 6) is 0. The molecule has 22 heteroatoms. The van der Waals surface area contributed by atoms with E-state index in [-0.39, 0.29) is 0 Å². The van der Waals surface area contributed by atoms with Gasteiger partial charge in [-0.3, -0.25) is 29.9 Å². The highest BCUT2D eigenvalue weighted by Gasteiger charge is 2.21. The zero-order chi connectivity index (χ0) is 92.1. The fourth-order valence-corrected chi connectivity index (χ4v) is 16.0. The molecule has 0 amide bonds. The highest BCUT2D eigenvalue weighted by Crippen LogP contribution is 2.39. The molecule has 0 saturated carbocycles. The van der Waals surface area contributed by atoms with E-state index in [0.29, 0.717) is 68.3 Å². The van der Waals surface area contributed by atoms with Crippen LogP contribution in [0, 0.1) is 0 Å². The summed E-state index contributed by atoms with van der Waals surface area (Å²) in [5.41, 5.74) is 32.0. The van der Waals surface area contributed by atoms with Crippen molar-refractivity contribution >= 4 is 0 Å². The molecule has 0 saturated heterocycles. The van der Waals surface area contributed by atoms with E-state index in [4.69, 9.17) is 79.7 Å². The molecular weight excluding hydrogens is 1700 g/mol. The summed E-state index contributed by atoms with van der Waals surface area (Å²) in [4.78, 5) is 108. The second-order valence-electron chi connectivity index (χ2n) is 31.9. The predicted octanol–water partition coefficient (Wildman–Crippen LogP) is 25.1. The number of rotatable bonds is 21. The third kappa shape index (κ3) is 18.9. The average molecular weight is 1780 g/mol. The van der Waals surface area contributed by atoms with E-state index < -0.39 is 0 Å². The van der Waals surface area contributed by atoms with Crippen LogP contribution in [0.15, 0.2) is 450 Å². The highest BCUT2D eigenvalue weighted by molar-refractivity contribution is 5.83. The van der Waals surface area contributed by atoms with E-state index >= 15 is 0 Å². The average Bonchev–Trinajstić information content (AvgIpc) is 0.796. The zero-order valence-corrected chi connectivity index (χ0v) is 73.6. The van der Waals surface area contributed by atoms with Gasteiger partial charge < -0.3 is 0 Å². The Morgan fingerprint density at radius 3 is 0.413 bits per heavy atom. The van der Waals surface area contributed by atoms with E-state index in [1.165, 1.54) is 0 Å². The Balaban J connectivity index is 0.000000165. The molecule has 0 unspecified atom stereocenters. The lowest BCUT2D eigenvalue weighted by Crippen LogP contribution is -1.98. The molecule has 22 heterocycles. The van der Waals surface area contributed by atoms with Gasteiger partial charge in [0.25, 0.3) is 0 Å². The van der Waals surface area contributed by atoms with Crippen molar-refractivity contribution in [3.8, 4) is 238 Å². The Kier molecular flexibility index (Phi) is 23.7. The highest BCUT2D eigenvalue weighted by atomic mass is 14.9. The van der Waals surface area contributed by atoms with E-state index in [1.54, 1.807) is 37.2 Å². The van der Waals surface area contributed by atoms with Crippen molar-refractivity contribution < 1.29 is 0 Å². The third-order valence-electron chi connectivity index (χ3n) is 22.7. The molecule has 0 aliphatic carbocycles. The first-order valence-corrected chi connectivity index (χ1v) is 44.5. The first kappa shape index (κ1) is 84.1. The zero-order valence-electron chi connectivity index (χ0n) is 73.6. The van der Waals surface area contributed by atoms with Crippen molar-refractivity contribution in [3.63, 3.8) is 0 Å². The van der Waals surface area contributed by atoms with Crippen LogP contribution in [0.1, 0.15) is 0 Å². The Bertz CT molecular complexity index is 7560. The molecule has 0 radical (unpaired) electrons. The molecule has 0 spiro atoms. The summed E-state index contributed by atoms with van der Waals surface area (Å²) in [7, 11) is 0. The molecule has 1 aromatic carbocycles. The molecule has 23 rings (SSSR count). The van der Waals surface area contributed by atoms with Crippen molar-refractivity contribution in [2.75, 3.05) is 0 Å². The van der Waals surface area contributed by atoms with Crippen LogP contribution in [-0.4, -0.2) is 110 Å². The Hall–Kier alpha value is -19.5. The number of aromatic nitrogens is 22. The standard InChI is InChI=1S/C66H42N12.C50H32N10/c1-16-49(43-13-10-34-67-40-43)70-55(22-1)61-28-7-31-64(76-61)58-25-4-19-52(73-58)46-37-47(53-20-5-26-59(74-53)65-32-8-29-62(77-65)56-23-2-17-50(71-56)44-14-11-35-68-41-44)39-48(38-46)54-21-6-27-60(75-54)66-33-9-30-63(78-66)57-24-3-18-51(72-57)45-15-12-36-69-42-45;1-4-28-51-35(13-1)38-17-8-21-42(55-38)41-20-7-16-34(54-41)33-31-49(47-26-11-24-45(58-47)43-22-9-18-39(56-43)36-14-2-5-29-52-36)60-50(32-33)48-27-12-25-46(59-48)44-23-10-19-40(57-44)37-15-3-6-30-53-37/h1-42H;1-32H. The minimum Gasteiger partial charge on any atom is -0.264 e. The Morgan fingerprint density at radius 1 is 0.0942 bits per heavy atom. The van der Waals surface area contributed by atoms with Gasteiger partial charge >= 0.3 is 0 Å². The van der Waals surface area contributed by atoms with Crippen LogP contribution >= 0.6 is 0 Å². The minimum absolute atomic E-state index is 0.648. The molecule has 0 aliphatic rings. The molecule has 0 aliphatic heterocycles. The fourth-order valence-electron chi connectivity index (χ4n) is 16.0.